The number of rotatable bonds is 11. The average molecular weight is 465 g/mol. The first-order valence-corrected chi connectivity index (χ1v) is 11.7. The molecule has 3 N–H and O–H groups in total. The van der Waals surface area contributed by atoms with Crippen LogP contribution in [0.1, 0.15) is 49.7 Å². The molecule has 8 nitrogen and oxygen atoms in total. The third-order valence-electron chi connectivity index (χ3n) is 5.52. The van der Waals surface area contributed by atoms with Crippen LogP contribution in [0.4, 0.5) is 0 Å². The molecule has 0 aromatic heterocycles. The van der Waals surface area contributed by atoms with Crippen molar-refractivity contribution in [2.75, 3.05) is 13.2 Å². The molecule has 1 aliphatic rings. The standard InChI is InChI=1S/C26H32N4O4/c31-24(27-16-15-20-7-3-1-4-8-20)17-25(32)30-28-18-21-11-13-23(14-12-21)34-19-26(33)29-22-9-5-2-6-10-22/h1,3-4,7-8,11-14,18,22H,2,5-6,9-10,15-17,19H2,(H,27,31)(H,29,33)(H,30,32)/b28-18+. The van der Waals surface area contributed by atoms with Gasteiger partial charge in [-0.15, -0.1) is 0 Å². The molecule has 0 atom stereocenters. The molecule has 0 spiro atoms. The average Bonchev–Trinajstić information content (AvgIpc) is 2.85. The summed E-state index contributed by atoms with van der Waals surface area (Å²) in [4.78, 5) is 35.8. The molecule has 2 aromatic carbocycles. The second kappa shape index (κ2) is 13.8. The van der Waals surface area contributed by atoms with Crippen LogP contribution in [-0.2, 0) is 20.8 Å². The van der Waals surface area contributed by atoms with Crippen molar-refractivity contribution in [1.82, 2.24) is 16.1 Å². The Morgan fingerprint density at radius 1 is 0.912 bits per heavy atom. The zero-order valence-corrected chi connectivity index (χ0v) is 19.3. The first-order chi connectivity index (χ1) is 16.6. The van der Waals surface area contributed by atoms with Gasteiger partial charge in [0.25, 0.3) is 5.91 Å². The molecule has 0 aliphatic heterocycles. The molecule has 3 rings (SSSR count). The van der Waals surface area contributed by atoms with Crippen LogP contribution < -0.4 is 20.8 Å². The Balaban J connectivity index is 1.30. The second-order valence-corrected chi connectivity index (χ2v) is 8.32. The van der Waals surface area contributed by atoms with E-state index in [1.54, 1.807) is 24.3 Å². The Morgan fingerprint density at radius 2 is 1.65 bits per heavy atom. The molecule has 1 aliphatic carbocycles. The van der Waals surface area contributed by atoms with E-state index in [4.69, 9.17) is 4.74 Å². The summed E-state index contributed by atoms with van der Waals surface area (Å²) < 4.78 is 5.54. The fourth-order valence-corrected chi connectivity index (χ4v) is 3.73. The van der Waals surface area contributed by atoms with Crippen LogP contribution in [0.15, 0.2) is 59.7 Å². The topological polar surface area (TPSA) is 109 Å². The van der Waals surface area contributed by atoms with Crippen LogP contribution in [0, 0.1) is 0 Å². The van der Waals surface area contributed by atoms with Gasteiger partial charge in [-0.25, -0.2) is 5.43 Å². The molecular formula is C26H32N4O4. The van der Waals surface area contributed by atoms with Crippen molar-refractivity contribution in [3.05, 3.63) is 65.7 Å². The van der Waals surface area contributed by atoms with Crippen LogP contribution in [0.25, 0.3) is 0 Å². The van der Waals surface area contributed by atoms with Crippen LogP contribution in [-0.4, -0.2) is 43.1 Å². The van der Waals surface area contributed by atoms with Crippen molar-refractivity contribution in [3.63, 3.8) is 0 Å². The van der Waals surface area contributed by atoms with Crippen LogP contribution in [0.5, 0.6) is 5.75 Å². The smallest absolute Gasteiger partial charge is 0.258 e. The summed E-state index contributed by atoms with van der Waals surface area (Å²) in [6.45, 7) is 0.448. The minimum absolute atomic E-state index is 0.0204. The quantitative estimate of drug-likeness (QED) is 0.270. The number of benzene rings is 2. The van der Waals surface area contributed by atoms with E-state index in [0.717, 1.165) is 36.8 Å². The van der Waals surface area contributed by atoms with Gasteiger partial charge in [-0.1, -0.05) is 49.6 Å². The van der Waals surface area contributed by atoms with Crippen molar-refractivity contribution < 1.29 is 19.1 Å². The Labute approximate surface area is 200 Å². The highest BCUT2D eigenvalue weighted by molar-refractivity contribution is 5.97. The molecule has 180 valence electrons. The zero-order chi connectivity index (χ0) is 24.0. The number of hydrazone groups is 1. The van der Waals surface area contributed by atoms with Gasteiger partial charge < -0.3 is 15.4 Å². The highest BCUT2D eigenvalue weighted by atomic mass is 16.5. The maximum absolute atomic E-state index is 12.0. The van der Waals surface area contributed by atoms with E-state index in [0.29, 0.717) is 18.7 Å². The lowest BCUT2D eigenvalue weighted by Gasteiger charge is -2.22. The molecule has 0 bridgehead atoms. The number of nitrogens with one attached hydrogen (secondary N) is 3. The summed E-state index contributed by atoms with van der Waals surface area (Å²) >= 11 is 0. The Hall–Kier alpha value is -3.68. The third-order valence-corrected chi connectivity index (χ3v) is 5.52. The van der Waals surface area contributed by atoms with E-state index in [1.165, 1.54) is 12.6 Å². The zero-order valence-electron chi connectivity index (χ0n) is 19.3. The maximum atomic E-state index is 12.0. The molecule has 0 radical (unpaired) electrons. The summed E-state index contributed by atoms with van der Waals surface area (Å²) in [5.41, 5.74) is 4.21. The van der Waals surface area contributed by atoms with E-state index in [-0.39, 0.29) is 30.9 Å². The van der Waals surface area contributed by atoms with Crippen molar-refractivity contribution in [2.45, 2.75) is 51.0 Å². The molecule has 8 heteroatoms. The molecule has 2 aromatic rings. The van der Waals surface area contributed by atoms with Crippen molar-refractivity contribution in [3.8, 4) is 5.75 Å². The van der Waals surface area contributed by atoms with Gasteiger partial charge in [0.2, 0.25) is 11.8 Å². The third kappa shape index (κ3) is 9.44. The number of amides is 3. The van der Waals surface area contributed by atoms with Gasteiger partial charge in [-0.2, -0.15) is 5.10 Å². The van der Waals surface area contributed by atoms with E-state index in [1.807, 2.05) is 30.3 Å². The minimum atomic E-state index is -0.489. The van der Waals surface area contributed by atoms with Gasteiger partial charge in [-0.05, 0) is 54.7 Å². The Kier molecular flexibility index (Phi) is 10.1. The van der Waals surface area contributed by atoms with E-state index >= 15 is 0 Å². The van der Waals surface area contributed by atoms with E-state index < -0.39 is 5.91 Å². The number of hydrogen-bond donors (Lipinski definition) is 3. The van der Waals surface area contributed by atoms with Crippen molar-refractivity contribution >= 4 is 23.9 Å². The van der Waals surface area contributed by atoms with Gasteiger partial charge >= 0.3 is 0 Å². The molecule has 1 fully saturated rings. The number of carbonyl (C=O) groups is 3. The summed E-state index contributed by atoms with van der Waals surface area (Å²) in [6.07, 6.45) is 7.54. The summed E-state index contributed by atoms with van der Waals surface area (Å²) in [6, 6.07) is 17.1. The number of ether oxygens (including phenoxy) is 1. The van der Waals surface area contributed by atoms with Crippen molar-refractivity contribution in [1.29, 1.82) is 0 Å². The fraction of sp³-hybridized carbons (Fsp3) is 0.385. The lowest BCUT2D eigenvalue weighted by Crippen LogP contribution is -2.38. The first-order valence-electron chi connectivity index (χ1n) is 11.7. The first kappa shape index (κ1) is 25.0. The summed E-state index contributed by atoms with van der Waals surface area (Å²) in [5.74, 6) is -0.369. The van der Waals surface area contributed by atoms with Crippen LogP contribution in [0.2, 0.25) is 0 Å². The monoisotopic (exact) mass is 464 g/mol. The number of hydrogen-bond acceptors (Lipinski definition) is 5. The van der Waals surface area contributed by atoms with Gasteiger partial charge in [0.15, 0.2) is 6.61 Å². The molecule has 3 amide bonds. The Morgan fingerprint density at radius 3 is 2.38 bits per heavy atom. The van der Waals surface area contributed by atoms with Crippen molar-refractivity contribution in [2.24, 2.45) is 5.10 Å². The number of carbonyl (C=O) groups excluding carboxylic acids is 3. The number of nitrogens with zero attached hydrogens (tertiary/aromatic N) is 1. The molecule has 34 heavy (non-hydrogen) atoms. The van der Waals surface area contributed by atoms with Gasteiger partial charge in [0.05, 0.1) is 6.21 Å². The van der Waals surface area contributed by atoms with Gasteiger partial charge in [0.1, 0.15) is 12.2 Å². The molecule has 1 saturated carbocycles. The van der Waals surface area contributed by atoms with Crippen LogP contribution >= 0.6 is 0 Å². The highest BCUT2D eigenvalue weighted by Crippen LogP contribution is 2.17. The lowest BCUT2D eigenvalue weighted by molar-refractivity contribution is -0.129. The normalized spacial score (nSPS) is 13.9. The van der Waals surface area contributed by atoms with Gasteiger partial charge in [-0.3, -0.25) is 14.4 Å². The SMILES string of the molecule is O=C(CC(=O)N/N=C/c1ccc(OCC(=O)NC2CCCCC2)cc1)NCCc1ccccc1. The lowest BCUT2D eigenvalue weighted by atomic mass is 9.95. The minimum Gasteiger partial charge on any atom is -0.484 e. The summed E-state index contributed by atoms with van der Waals surface area (Å²) in [5, 5.41) is 9.62. The summed E-state index contributed by atoms with van der Waals surface area (Å²) in [7, 11) is 0. The fourth-order valence-electron chi connectivity index (χ4n) is 3.73. The molecule has 0 saturated heterocycles. The molecule has 0 unspecified atom stereocenters. The maximum Gasteiger partial charge on any atom is 0.258 e. The van der Waals surface area contributed by atoms with E-state index in [9.17, 15) is 14.4 Å². The predicted molar refractivity (Wildman–Crippen MR) is 130 cm³/mol. The highest BCUT2D eigenvalue weighted by Gasteiger charge is 2.15. The Bertz CT molecular complexity index is 955. The largest absolute Gasteiger partial charge is 0.484 e. The molecule has 0 heterocycles. The van der Waals surface area contributed by atoms with Gasteiger partial charge in [0, 0.05) is 12.6 Å². The second-order valence-electron chi connectivity index (χ2n) is 8.32. The molecular weight excluding hydrogens is 432 g/mol. The predicted octanol–water partition coefficient (Wildman–Crippen LogP) is 2.71. The van der Waals surface area contributed by atoms with E-state index in [2.05, 4.69) is 21.2 Å². The van der Waals surface area contributed by atoms with Crippen LogP contribution in [0.3, 0.4) is 0 Å².